The maximum Gasteiger partial charge on any atom is 0.291 e. The molecule has 0 saturated carbocycles. The third kappa shape index (κ3) is 3.93. The Morgan fingerprint density at radius 3 is 2.29 bits per heavy atom. The van der Waals surface area contributed by atoms with Crippen molar-refractivity contribution in [2.24, 2.45) is 5.92 Å². The van der Waals surface area contributed by atoms with Gasteiger partial charge in [0.25, 0.3) is 5.91 Å². The summed E-state index contributed by atoms with van der Waals surface area (Å²) in [5.41, 5.74) is 1.99. The molecule has 0 aliphatic carbocycles. The lowest BCUT2D eigenvalue weighted by molar-refractivity contribution is -0.141. The summed E-state index contributed by atoms with van der Waals surface area (Å²) in [6, 6.07) is 15.2. The van der Waals surface area contributed by atoms with Crippen LogP contribution < -0.4 is 0 Å². The second-order valence-electron chi connectivity index (χ2n) is 7.99. The number of likely N-dealkylation sites (tertiary alicyclic amines) is 1. The first kappa shape index (κ1) is 20.7. The number of benzene rings is 2. The molecule has 2 unspecified atom stereocenters. The van der Waals surface area contributed by atoms with E-state index in [0.717, 1.165) is 5.56 Å². The van der Waals surface area contributed by atoms with E-state index in [0.29, 0.717) is 17.2 Å². The zero-order valence-corrected chi connectivity index (χ0v) is 17.2. The number of hydrogen-bond donors (Lipinski definition) is 0. The molecule has 2 atom stereocenters. The monoisotopic (exact) mass is 419 g/mol. The molecule has 1 saturated heterocycles. The molecular weight excluding hydrogens is 397 g/mol. The largest absolute Gasteiger partial charge is 0.467 e. The molecule has 0 N–H and O–H groups in total. The van der Waals surface area contributed by atoms with Crippen LogP contribution in [0.2, 0.25) is 0 Å². The Bertz CT molecular complexity index is 1100. The first-order valence-corrected chi connectivity index (χ1v) is 10.1. The van der Waals surface area contributed by atoms with Crippen LogP contribution in [0, 0.1) is 11.7 Å². The molecule has 0 spiro atoms. The topological polar surface area (TPSA) is 67.6 Å². The SMILES string of the molecule is CC(C)c1ccc(C2C(C(=O)c3ccc(F)cc3)C(=O)C(=O)N2Cc2ccco2)cc1. The van der Waals surface area contributed by atoms with Gasteiger partial charge in [-0.1, -0.05) is 38.1 Å². The smallest absolute Gasteiger partial charge is 0.291 e. The Balaban J connectivity index is 1.77. The van der Waals surface area contributed by atoms with Crippen LogP contribution in [0.4, 0.5) is 4.39 Å². The fraction of sp³-hybridized carbons (Fsp3) is 0.240. The number of carbonyl (C=O) groups is 3. The van der Waals surface area contributed by atoms with Gasteiger partial charge in [0.2, 0.25) is 5.78 Å². The molecular formula is C25H22FNO4. The van der Waals surface area contributed by atoms with Crippen molar-refractivity contribution in [3.8, 4) is 0 Å². The van der Waals surface area contributed by atoms with Crippen molar-refractivity contribution in [3.05, 3.63) is 95.2 Å². The van der Waals surface area contributed by atoms with Crippen LogP contribution in [0.5, 0.6) is 0 Å². The average molecular weight is 419 g/mol. The molecule has 1 fully saturated rings. The van der Waals surface area contributed by atoms with Crippen molar-refractivity contribution >= 4 is 17.5 Å². The standard InChI is InChI=1S/C25H22FNO4/c1-15(2)16-5-7-17(8-6-16)22-21(23(28)18-9-11-19(26)12-10-18)24(29)25(30)27(22)14-20-4-3-13-31-20/h3-13,15,21-22H,14H2,1-2H3. The minimum Gasteiger partial charge on any atom is -0.467 e. The van der Waals surface area contributed by atoms with Gasteiger partial charge in [-0.2, -0.15) is 0 Å². The number of halogens is 1. The maximum atomic E-state index is 13.3. The molecule has 31 heavy (non-hydrogen) atoms. The molecule has 158 valence electrons. The normalized spacial score (nSPS) is 18.8. The Kier molecular flexibility index (Phi) is 5.55. The van der Waals surface area contributed by atoms with Gasteiger partial charge in [0.1, 0.15) is 17.5 Å². The van der Waals surface area contributed by atoms with Gasteiger partial charge in [0, 0.05) is 5.56 Å². The van der Waals surface area contributed by atoms with E-state index in [1.807, 2.05) is 24.3 Å². The highest BCUT2D eigenvalue weighted by Crippen LogP contribution is 2.39. The van der Waals surface area contributed by atoms with E-state index in [1.54, 1.807) is 12.1 Å². The van der Waals surface area contributed by atoms with Gasteiger partial charge in [0.15, 0.2) is 5.78 Å². The molecule has 2 aromatic carbocycles. The summed E-state index contributed by atoms with van der Waals surface area (Å²) in [4.78, 5) is 40.5. The van der Waals surface area contributed by atoms with Gasteiger partial charge >= 0.3 is 0 Å². The van der Waals surface area contributed by atoms with Crippen molar-refractivity contribution in [3.63, 3.8) is 0 Å². The van der Waals surface area contributed by atoms with E-state index in [2.05, 4.69) is 13.8 Å². The third-order valence-corrected chi connectivity index (χ3v) is 5.67. The predicted octanol–water partition coefficient (Wildman–Crippen LogP) is 4.69. The first-order chi connectivity index (χ1) is 14.9. The third-order valence-electron chi connectivity index (χ3n) is 5.67. The van der Waals surface area contributed by atoms with E-state index in [9.17, 15) is 18.8 Å². The van der Waals surface area contributed by atoms with E-state index in [4.69, 9.17) is 4.42 Å². The van der Waals surface area contributed by atoms with Crippen LogP contribution in [-0.2, 0) is 16.1 Å². The van der Waals surface area contributed by atoms with Gasteiger partial charge in [-0.3, -0.25) is 14.4 Å². The Morgan fingerprint density at radius 1 is 1.03 bits per heavy atom. The average Bonchev–Trinajstić information content (AvgIpc) is 3.36. The van der Waals surface area contributed by atoms with Crippen molar-refractivity contribution in [2.75, 3.05) is 0 Å². The Hall–Kier alpha value is -3.54. The minimum atomic E-state index is -1.21. The van der Waals surface area contributed by atoms with Crippen LogP contribution >= 0.6 is 0 Å². The number of Topliss-reactive ketones (excluding diaryl/α,β-unsaturated/α-hetero) is 2. The van der Waals surface area contributed by atoms with Crippen LogP contribution in [0.15, 0.2) is 71.3 Å². The minimum absolute atomic E-state index is 0.0708. The zero-order chi connectivity index (χ0) is 22.1. The van der Waals surface area contributed by atoms with Gasteiger partial charge in [-0.15, -0.1) is 0 Å². The molecule has 1 amide bonds. The molecule has 1 aliphatic rings. The van der Waals surface area contributed by atoms with Crippen LogP contribution in [0.1, 0.15) is 53.1 Å². The number of furan rings is 1. The lowest BCUT2D eigenvalue weighted by Crippen LogP contribution is -2.30. The second-order valence-corrected chi connectivity index (χ2v) is 7.99. The van der Waals surface area contributed by atoms with Crippen LogP contribution in [0.3, 0.4) is 0 Å². The summed E-state index contributed by atoms with van der Waals surface area (Å²) in [5.74, 6) is -2.85. The highest BCUT2D eigenvalue weighted by Gasteiger charge is 2.51. The van der Waals surface area contributed by atoms with Crippen LogP contribution in [-0.4, -0.2) is 22.4 Å². The van der Waals surface area contributed by atoms with Crippen molar-refractivity contribution in [1.29, 1.82) is 0 Å². The fourth-order valence-electron chi connectivity index (χ4n) is 3.97. The highest BCUT2D eigenvalue weighted by atomic mass is 19.1. The molecule has 4 rings (SSSR count). The Labute approximate surface area is 179 Å². The lowest BCUT2D eigenvalue weighted by atomic mass is 9.85. The first-order valence-electron chi connectivity index (χ1n) is 10.1. The quantitative estimate of drug-likeness (QED) is 0.330. The summed E-state index contributed by atoms with van der Waals surface area (Å²) in [5, 5.41) is 0. The highest BCUT2D eigenvalue weighted by molar-refractivity contribution is 6.44. The number of carbonyl (C=O) groups excluding carboxylic acids is 3. The molecule has 2 heterocycles. The summed E-state index contributed by atoms with van der Waals surface area (Å²) in [6.07, 6.45) is 1.49. The van der Waals surface area contributed by atoms with E-state index in [1.165, 1.54) is 35.4 Å². The van der Waals surface area contributed by atoms with Crippen molar-refractivity contribution in [1.82, 2.24) is 4.90 Å². The van der Waals surface area contributed by atoms with E-state index in [-0.39, 0.29) is 12.1 Å². The molecule has 3 aromatic rings. The van der Waals surface area contributed by atoms with Gasteiger partial charge in [0.05, 0.1) is 18.8 Å². The summed E-state index contributed by atoms with van der Waals surface area (Å²) >= 11 is 0. The molecule has 1 aliphatic heterocycles. The van der Waals surface area contributed by atoms with Gasteiger partial charge < -0.3 is 9.32 Å². The molecule has 1 aromatic heterocycles. The summed E-state index contributed by atoms with van der Waals surface area (Å²) in [6.45, 7) is 4.21. The number of ketones is 2. The number of amides is 1. The Morgan fingerprint density at radius 2 is 1.71 bits per heavy atom. The molecule has 5 nitrogen and oxygen atoms in total. The second kappa shape index (κ2) is 8.30. The van der Waals surface area contributed by atoms with Crippen molar-refractivity contribution < 1.29 is 23.2 Å². The number of rotatable bonds is 6. The summed E-state index contributed by atoms with van der Waals surface area (Å²) < 4.78 is 18.7. The van der Waals surface area contributed by atoms with Crippen LogP contribution in [0.25, 0.3) is 0 Å². The maximum absolute atomic E-state index is 13.3. The van der Waals surface area contributed by atoms with Gasteiger partial charge in [-0.25, -0.2) is 4.39 Å². The van der Waals surface area contributed by atoms with E-state index >= 15 is 0 Å². The summed E-state index contributed by atoms with van der Waals surface area (Å²) in [7, 11) is 0. The molecule has 0 radical (unpaired) electrons. The predicted molar refractivity (Wildman–Crippen MR) is 112 cm³/mol. The fourth-order valence-corrected chi connectivity index (χ4v) is 3.97. The van der Waals surface area contributed by atoms with E-state index < -0.39 is 35.3 Å². The molecule has 6 heteroatoms. The number of hydrogen-bond acceptors (Lipinski definition) is 4. The van der Waals surface area contributed by atoms with Gasteiger partial charge in [-0.05, 0) is 53.4 Å². The number of nitrogens with zero attached hydrogens (tertiary/aromatic N) is 1. The zero-order valence-electron chi connectivity index (χ0n) is 17.2. The molecule has 0 bridgehead atoms. The lowest BCUT2D eigenvalue weighted by Gasteiger charge is -2.27. The van der Waals surface area contributed by atoms with Crippen molar-refractivity contribution in [2.45, 2.75) is 32.4 Å².